The second-order valence-corrected chi connectivity index (χ2v) is 7.42. The first kappa shape index (κ1) is 20.7. The molecule has 1 aliphatic rings. The average molecular weight is 503 g/mol. The summed E-state index contributed by atoms with van der Waals surface area (Å²) >= 11 is 12.3. The van der Waals surface area contributed by atoms with Crippen LogP contribution in [0.3, 0.4) is 0 Å². The molecule has 0 amide bonds. The molecular formula is C17H17Br2N3O3S. The highest BCUT2D eigenvalue weighted by Crippen LogP contribution is 2.46. The van der Waals surface area contributed by atoms with Gasteiger partial charge in [-0.2, -0.15) is 5.26 Å². The molecule has 0 aromatic heterocycles. The standard InChI is InChI=1S/C17H17Br2N3O3S/c1-4-24-11-7-10(13(18)14(19)16(11)25-6-5-20)15-12(9(3)23)8(2)21-17(26)22-15/h7,15H,4,6H2,1-3H3,(H2,21,22,26). The number of carbonyl (C=O) groups is 1. The van der Waals surface area contributed by atoms with Crippen LogP contribution in [0.25, 0.3) is 0 Å². The Morgan fingerprint density at radius 1 is 1.38 bits per heavy atom. The van der Waals surface area contributed by atoms with E-state index >= 15 is 0 Å². The van der Waals surface area contributed by atoms with Gasteiger partial charge in [-0.1, -0.05) is 0 Å². The Morgan fingerprint density at radius 2 is 2.08 bits per heavy atom. The quantitative estimate of drug-likeness (QED) is 0.571. The molecule has 1 unspecified atom stereocenters. The molecule has 0 radical (unpaired) electrons. The Labute approximate surface area is 174 Å². The summed E-state index contributed by atoms with van der Waals surface area (Å²) in [6, 6.07) is 3.28. The molecule has 1 aliphatic heterocycles. The van der Waals surface area contributed by atoms with Crippen molar-refractivity contribution in [2.45, 2.75) is 26.8 Å². The molecule has 26 heavy (non-hydrogen) atoms. The van der Waals surface area contributed by atoms with Gasteiger partial charge in [-0.3, -0.25) is 4.79 Å². The van der Waals surface area contributed by atoms with Crippen LogP contribution in [0.2, 0.25) is 0 Å². The second-order valence-electron chi connectivity index (χ2n) is 5.43. The van der Waals surface area contributed by atoms with Gasteiger partial charge in [-0.25, -0.2) is 0 Å². The van der Waals surface area contributed by atoms with Gasteiger partial charge in [0.25, 0.3) is 0 Å². The fraction of sp³-hybridized carbons (Fsp3) is 0.353. The van der Waals surface area contributed by atoms with Gasteiger partial charge < -0.3 is 20.1 Å². The molecule has 0 spiro atoms. The van der Waals surface area contributed by atoms with E-state index in [1.54, 1.807) is 6.07 Å². The number of nitrogens with zero attached hydrogens (tertiary/aromatic N) is 1. The Bertz CT molecular complexity index is 834. The van der Waals surface area contributed by atoms with Crippen LogP contribution in [-0.4, -0.2) is 24.1 Å². The number of nitrogens with one attached hydrogen (secondary N) is 2. The number of hydrogen-bond donors (Lipinski definition) is 2. The molecule has 138 valence electrons. The molecule has 1 aromatic carbocycles. The van der Waals surface area contributed by atoms with Crippen LogP contribution < -0.4 is 20.1 Å². The first-order valence-electron chi connectivity index (χ1n) is 7.75. The SMILES string of the molecule is CCOc1cc(C2NC(=S)NC(C)=C2C(C)=O)c(Br)c(Br)c1OCC#N. The third kappa shape index (κ3) is 4.19. The Kier molecular flexibility index (Phi) is 7.03. The van der Waals surface area contributed by atoms with Crippen molar-refractivity contribution in [3.05, 3.63) is 31.8 Å². The number of carbonyl (C=O) groups excluding carboxylic acids is 1. The summed E-state index contributed by atoms with van der Waals surface area (Å²) in [5, 5.41) is 15.4. The van der Waals surface area contributed by atoms with E-state index in [-0.39, 0.29) is 12.4 Å². The number of nitriles is 1. The number of allylic oxidation sites excluding steroid dienone is 1. The van der Waals surface area contributed by atoms with E-state index in [9.17, 15) is 4.79 Å². The first-order chi connectivity index (χ1) is 12.3. The minimum Gasteiger partial charge on any atom is -0.490 e. The summed E-state index contributed by atoms with van der Waals surface area (Å²) < 4.78 is 12.5. The number of thiocarbonyl (C=S) groups is 1. The molecule has 1 aromatic rings. The third-order valence-electron chi connectivity index (χ3n) is 3.70. The fourth-order valence-corrected chi connectivity index (χ4v) is 4.04. The van der Waals surface area contributed by atoms with Gasteiger partial charge >= 0.3 is 0 Å². The van der Waals surface area contributed by atoms with Crippen LogP contribution in [0.1, 0.15) is 32.4 Å². The number of halogens is 2. The molecule has 2 N–H and O–H groups in total. The van der Waals surface area contributed by atoms with Crippen molar-refractivity contribution in [3.8, 4) is 17.6 Å². The van der Waals surface area contributed by atoms with Crippen molar-refractivity contribution >= 4 is 55.0 Å². The molecule has 2 rings (SSSR count). The molecule has 0 fully saturated rings. The molecule has 0 bridgehead atoms. The Balaban J connectivity index is 2.65. The molecule has 1 heterocycles. The van der Waals surface area contributed by atoms with Crippen molar-refractivity contribution in [2.24, 2.45) is 0 Å². The van der Waals surface area contributed by atoms with Crippen LogP contribution in [-0.2, 0) is 4.79 Å². The lowest BCUT2D eigenvalue weighted by molar-refractivity contribution is -0.114. The maximum Gasteiger partial charge on any atom is 0.178 e. The molecule has 6 nitrogen and oxygen atoms in total. The predicted octanol–water partition coefficient (Wildman–Crippen LogP) is 3.89. The summed E-state index contributed by atoms with van der Waals surface area (Å²) in [6.45, 7) is 5.49. The third-order valence-corrected chi connectivity index (χ3v) is 6.06. The smallest absolute Gasteiger partial charge is 0.178 e. The van der Waals surface area contributed by atoms with Gasteiger partial charge in [0.2, 0.25) is 0 Å². The normalized spacial score (nSPS) is 16.5. The van der Waals surface area contributed by atoms with Crippen LogP contribution in [0.15, 0.2) is 26.3 Å². The zero-order chi connectivity index (χ0) is 19.4. The lowest BCUT2D eigenvalue weighted by Crippen LogP contribution is -2.44. The topological polar surface area (TPSA) is 83.4 Å². The molecule has 0 saturated heterocycles. The van der Waals surface area contributed by atoms with Gasteiger partial charge in [-0.15, -0.1) is 0 Å². The van der Waals surface area contributed by atoms with E-state index in [4.69, 9.17) is 27.0 Å². The summed E-state index contributed by atoms with van der Waals surface area (Å²) in [5.41, 5.74) is 2.05. The monoisotopic (exact) mass is 501 g/mol. The van der Waals surface area contributed by atoms with Gasteiger partial charge in [-0.05, 0) is 76.5 Å². The largest absolute Gasteiger partial charge is 0.490 e. The van der Waals surface area contributed by atoms with Gasteiger partial charge in [0.1, 0.15) is 6.07 Å². The fourth-order valence-electron chi connectivity index (χ4n) is 2.71. The van der Waals surface area contributed by atoms with E-state index in [0.29, 0.717) is 43.4 Å². The summed E-state index contributed by atoms with van der Waals surface area (Å²) in [5.74, 6) is 0.825. The van der Waals surface area contributed by atoms with E-state index in [1.165, 1.54) is 6.92 Å². The molecule has 0 saturated carbocycles. The highest BCUT2D eigenvalue weighted by molar-refractivity contribution is 9.13. The number of Topliss-reactive ketones (excluding diaryl/α,β-unsaturated/α-hetero) is 1. The number of benzene rings is 1. The molecule has 9 heteroatoms. The Morgan fingerprint density at radius 3 is 2.65 bits per heavy atom. The van der Waals surface area contributed by atoms with E-state index in [0.717, 1.165) is 5.56 Å². The van der Waals surface area contributed by atoms with Crippen LogP contribution >= 0.6 is 44.1 Å². The van der Waals surface area contributed by atoms with E-state index in [2.05, 4.69) is 42.5 Å². The number of ketones is 1. The van der Waals surface area contributed by atoms with Crippen molar-refractivity contribution < 1.29 is 14.3 Å². The lowest BCUT2D eigenvalue weighted by atomic mass is 9.93. The minimum atomic E-state index is -0.448. The van der Waals surface area contributed by atoms with Crippen LogP contribution in [0.5, 0.6) is 11.5 Å². The minimum absolute atomic E-state index is 0.0687. The second kappa shape index (κ2) is 8.84. The van der Waals surface area contributed by atoms with Crippen molar-refractivity contribution in [2.75, 3.05) is 13.2 Å². The van der Waals surface area contributed by atoms with Crippen LogP contribution in [0.4, 0.5) is 0 Å². The van der Waals surface area contributed by atoms with Gasteiger partial charge in [0.05, 0.1) is 17.1 Å². The summed E-state index contributed by atoms with van der Waals surface area (Å²) in [4.78, 5) is 12.2. The van der Waals surface area contributed by atoms with Crippen molar-refractivity contribution in [1.82, 2.24) is 10.6 Å². The predicted molar refractivity (Wildman–Crippen MR) is 109 cm³/mol. The van der Waals surface area contributed by atoms with Gasteiger partial charge in [0, 0.05) is 15.7 Å². The molecule has 1 atom stereocenters. The van der Waals surface area contributed by atoms with E-state index < -0.39 is 6.04 Å². The highest BCUT2D eigenvalue weighted by Gasteiger charge is 2.31. The van der Waals surface area contributed by atoms with Crippen molar-refractivity contribution in [3.63, 3.8) is 0 Å². The Hall–Kier alpha value is -1.63. The van der Waals surface area contributed by atoms with E-state index in [1.807, 2.05) is 19.9 Å². The van der Waals surface area contributed by atoms with Crippen LogP contribution in [0, 0.1) is 11.3 Å². The number of hydrogen-bond acceptors (Lipinski definition) is 5. The molecular weight excluding hydrogens is 486 g/mol. The van der Waals surface area contributed by atoms with Crippen molar-refractivity contribution in [1.29, 1.82) is 5.26 Å². The maximum atomic E-state index is 12.2. The summed E-state index contributed by atoms with van der Waals surface area (Å²) in [7, 11) is 0. The number of rotatable bonds is 6. The zero-order valence-corrected chi connectivity index (χ0v) is 18.4. The van der Waals surface area contributed by atoms with Gasteiger partial charge in [0.15, 0.2) is 29.0 Å². The average Bonchev–Trinajstić information content (AvgIpc) is 2.56. The highest BCUT2D eigenvalue weighted by atomic mass is 79.9. The maximum absolute atomic E-state index is 12.2. The zero-order valence-electron chi connectivity index (χ0n) is 14.4. The lowest BCUT2D eigenvalue weighted by Gasteiger charge is -2.31. The molecule has 0 aliphatic carbocycles. The number of ether oxygens (including phenoxy) is 2. The summed E-state index contributed by atoms with van der Waals surface area (Å²) in [6.07, 6.45) is 0. The first-order valence-corrected chi connectivity index (χ1v) is 9.74.